The van der Waals surface area contributed by atoms with Crippen LogP contribution in [0.25, 0.3) is 0 Å². The fourth-order valence-electron chi connectivity index (χ4n) is 0.350. The quantitative estimate of drug-likeness (QED) is 0.593. The molecule has 0 saturated heterocycles. The minimum Gasteiger partial charge on any atom is -0.297 e. The van der Waals surface area contributed by atoms with Gasteiger partial charge in [-0.15, -0.1) is 0 Å². The van der Waals surface area contributed by atoms with Crippen LogP contribution in [0.15, 0.2) is 0 Å². The molecular weight excluding hydrogens is 171 g/mol. The summed E-state index contributed by atoms with van der Waals surface area (Å²) in [4.78, 5) is 10.4. The van der Waals surface area contributed by atoms with Crippen LogP contribution in [0, 0.1) is 0 Å². The van der Waals surface area contributed by atoms with Gasteiger partial charge in [-0.25, -0.2) is 4.57 Å². The molecule has 0 aromatic carbocycles. The standard InChI is InChI=1S/C5H11O5P/c1-5(6)4-10-11(7,8-2)9-3/h4H2,1-3H3. The number of carbonyl (C=O) groups excluding carboxylic acids is 1. The summed E-state index contributed by atoms with van der Waals surface area (Å²) in [6, 6.07) is 0. The molecule has 0 amide bonds. The molecule has 0 N–H and O–H groups in total. The zero-order valence-corrected chi connectivity index (χ0v) is 7.59. The van der Waals surface area contributed by atoms with Gasteiger partial charge in [0.05, 0.1) is 0 Å². The molecule has 0 spiro atoms. The molecule has 0 rings (SSSR count). The first-order chi connectivity index (χ1) is 5.04. The SMILES string of the molecule is COP(=O)(OC)OCC(C)=O. The van der Waals surface area contributed by atoms with Crippen molar-refractivity contribution in [1.82, 2.24) is 0 Å². The van der Waals surface area contributed by atoms with Gasteiger partial charge in [-0.2, -0.15) is 0 Å². The van der Waals surface area contributed by atoms with Crippen LogP contribution in [-0.4, -0.2) is 26.6 Å². The zero-order valence-electron chi connectivity index (χ0n) is 6.70. The number of hydrogen-bond donors (Lipinski definition) is 0. The lowest BCUT2D eigenvalue weighted by molar-refractivity contribution is -0.119. The molecule has 5 nitrogen and oxygen atoms in total. The van der Waals surface area contributed by atoms with Crippen LogP contribution in [0.5, 0.6) is 0 Å². The topological polar surface area (TPSA) is 61.8 Å². The normalized spacial score (nSPS) is 11.5. The third-order valence-corrected chi connectivity index (χ3v) is 2.21. The highest BCUT2D eigenvalue weighted by Gasteiger charge is 2.22. The number of rotatable bonds is 5. The largest absolute Gasteiger partial charge is 0.474 e. The van der Waals surface area contributed by atoms with Gasteiger partial charge < -0.3 is 0 Å². The molecule has 0 atom stereocenters. The first kappa shape index (κ1) is 10.8. The first-order valence-electron chi connectivity index (χ1n) is 2.89. The van der Waals surface area contributed by atoms with Crippen LogP contribution in [0.4, 0.5) is 0 Å². The maximum Gasteiger partial charge on any atom is 0.474 e. The smallest absolute Gasteiger partial charge is 0.297 e. The monoisotopic (exact) mass is 182 g/mol. The molecule has 0 aliphatic carbocycles. The molecule has 6 heteroatoms. The van der Waals surface area contributed by atoms with Crippen molar-refractivity contribution in [3.05, 3.63) is 0 Å². The van der Waals surface area contributed by atoms with E-state index in [4.69, 9.17) is 0 Å². The Morgan fingerprint density at radius 1 is 1.36 bits per heavy atom. The Morgan fingerprint density at radius 2 is 1.82 bits per heavy atom. The van der Waals surface area contributed by atoms with Gasteiger partial charge in [0, 0.05) is 14.2 Å². The van der Waals surface area contributed by atoms with E-state index < -0.39 is 7.82 Å². The summed E-state index contributed by atoms with van der Waals surface area (Å²) in [6.45, 7) is 1.05. The maximum absolute atomic E-state index is 11.0. The van der Waals surface area contributed by atoms with Crippen LogP contribution in [0.1, 0.15) is 6.92 Å². The van der Waals surface area contributed by atoms with Crippen molar-refractivity contribution in [2.24, 2.45) is 0 Å². The van der Waals surface area contributed by atoms with Crippen LogP contribution >= 0.6 is 7.82 Å². The van der Waals surface area contributed by atoms with E-state index in [0.717, 1.165) is 0 Å². The average molecular weight is 182 g/mol. The van der Waals surface area contributed by atoms with Gasteiger partial charge in [0.1, 0.15) is 6.61 Å². The van der Waals surface area contributed by atoms with E-state index in [9.17, 15) is 9.36 Å². The van der Waals surface area contributed by atoms with Crippen LogP contribution in [0.2, 0.25) is 0 Å². The highest BCUT2D eigenvalue weighted by molar-refractivity contribution is 7.48. The lowest BCUT2D eigenvalue weighted by Gasteiger charge is -2.11. The fourth-order valence-corrected chi connectivity index (χ4v) is 1.05. The number of phosphoric ester groups is 1. The lowest BCUT2D eigenvalue weighted by Crippen LogP contribution is -2.04. The summed E-state index contributed by atoms with van der Waals surface area (Å²) < 4.78 is 24.4. The lowest BCUT2D eigenvalue weighted by atomic mass is 10.5. The molecule has 0 aliphatic heterocycles. The third-order valence-electron chi connectivity index (χ3n) is 0.873. The average Bonchev–Trinajstić information content (AvgIpc) is 2.00. The Labute approximate surface area is 65.3 Å². The fraction of sp³-hybridized carbons (Fsp3) is 0.800. The Kier molecular flexibility index (Phi) is 4.52. The van der Waals surface area contributed by atoms with Crippen molar-refractivity contribution in [2.75, 3.05) is 20.8 Å². The molecule has 0 unspecified atom stereocenters. The number of phosphoric acid groups is 1. The maximum atomic E-state index is 11.0. The van der Waals surface area contributed by atoms with Crippen molar-refractivity contribution in [2.45, 2.75) is 6.92 Å². The molecule has 0 aromatic heterocycles. The van der Waals surface area contributed by atoms with Gasteiger partial charge in [-0.1, -0.05) is 0 Å². The molecule has 0 aromatic rings. The van der Waals surface area contributed by atoms with E-state index in [2.05, 4.69) is 13.6 Å². The molecule has 0 aliphatic rings. The minimum absolute atomic E-state index is 0.237. The van der Waals surface area contributed by atoms with E-state index in [1.807, 2.05) is 0 Å². The predicted molar refractivity (Wildman–Crippen MR) is 38.3 cm³/mol. The van der Waals surface area contributed by atoms with Crippen LogP contribution in [0.3, 0.4) is 0 Å². The van der Waals surface area contributed by atoms with Crippen molar-refractivity contribution < 1.29 is 22.9 Å². The number of hydrogen-bond acceptors (Lipinski definition) is 5. The second kappa shape index (κ2) is 4.62. The van der Waals surface area contributed by atoms with E-state index in [1.165, 1.54) is 21.1 Å². The second-order valence-corrected chi connectivity index (χ2v) is 3.67. The molecule has 0 fully saturated rings. The summed E-state index contributed by atoms with van der Waals surface area (Å²) in [6.07, 6.45) is 0. The van der Waals surface area contributed by atoms with Gasteiger partial charge in [0.15, 0.2) is 5.78 Å². The molecule has 0 radical (unpaired) electrons. The summed E-state index contributed by atoms with van der Waals surface area (Å²) in [5, 5.41) is 0. The summed E-state index contributed by atoms with van der Waals surface area (Å²) in [7, 11) is -1.09. The Bertz CT molecular complexity index is 170. The summed E-state index contributed by atoms with van der Waals surface area (Å²) >= 11 is 0. The molecular formula is C5H11O5P. The van der Waals surface area contributed by atoms with E-state index >= 15 is 0 Å². The Hall–Kier alpha value is -0.220. The number of carbonyl (C=O) groups is 1. The Balaban J connectivity index is 3.89. The molecule has 0 saturated carbocycles. The van der Waals surface area contributed by atoms with Crippen LogP contribution in [-0.2, 0) is 22.9 Å². The van der Waals surface area contributed by atoms with E-state index in [0.29, 0.717) is 0 Å². The third kappa shape index (κ3) is 4.27. The van der Waals surface area contributed by atoms with Gasteiger partial charge in [-0.3, -0.25) is 18.4 Å². The van der Waals surface area contributed by atoms with Crippen molar-refractivity contribution in [1.29, 1.82) is 0 Å². The van der Waals surface area contributed by atoms with Gasteiger partial charge >= 0.3 is 7.82 Å². The Morgan fingerprint density at radius 3 is 2.09 bits per heavy atom. The van der Waals surface area contributed by atoms with Crippen molar-refractivity contribution >= 4 is 13.6 Å². The highest BCUT2D eigenvalue weighted by Crippen LogP contribution is 2.47. The molecule has 66 valence electrons. The first-order valence-corrected chi connectivity index (χ1v) is 4.35. The summed E-state index contributed by atoms with van der Waals surface area (Å²) in [5.41, 5.74) is 0. The van der Waals surface area contributed by atoms with Crippen molar-refractivity contribution in [3.63, 3.8) is 0 Å². The molecule has 0 bridgehead atoms. The van der Waals surface area contributed by atoms with Crippen molar-refractivity contribution in [3.8, 4) is 0 Å². The molecule has 11 heavy (non-hydrogen) atoms. The number of ketones is 1. The zero-order chi connectivity index (χ0) is 8.91. The second-order valence-electron chi connectivity index (χ2n) is 1.79. The summed E-state index contributed by atoms with van der Waals surface area (Å²) in [5.74, 6) is -0.237. The highest BCUT2D eigenvalue weighted by atomic mass is 31.2. The van der Waals surface area contributed by atoms with Gasteiger partial charge in [0.2, 0.25) is 0 Å². The van der Waals surface area contributed by atoms with Gasteiger partial charge in [0.25, 0.3) is 0 Å². The minimum atomic E-state index is -3.46. The number of Topliss-reactive ketones (excluding diaryl/α,β-unsaturated/α-hetero) is 1. The molecule has 0 heterocycles. The predicted octanol–water partition coefficient (Wildman–Crippen LogP) is 0.993. The van der Waals surface area contributed by atoms with E-state index in [-0.39, 0.29) is 12.4 Å². The van der Waals surface area contributed by atoms with Crippen LogP contribution < -0.4 is 0 Å². The van der Waals surface area contributed by atoms with Gasteiger partial charge in [-0.05, 0) is 6.92 Å². The van der Waals surface area contributed by atoms with E-state index in [1.54, 1.807) is 0 Å².